The summed E-state index contributed by atoms with van der Waals surface area (Å²) in [5.41, 5.74) is 3.76. The predicted octanol–water partition coefficient (Wildman–Crippen LogP) is 6.61. The Hall–Kier alpha value is -3.50. The number of rotatable bonds is 10. The Morgan fingerprint density at radius 1 is 0.690 bits per heavy atom. The van der Waals surface area contributed by atoms with Crippen molar-refractivity contribution in [1.29, 1.82) is 0 Å². The first kappa shape index (κ1) is 27.3. The molecule has 0 spiro atoms. The van der Waals surface area contributed by atoms with Crippen LogP contribution in [-0.4, -0.2) is 32.2 Å². The molecular weight excluding hydrogens is 565 g/mol. The third kappa shape index (κ3) is 4.55. The van der Waals surface area contributed by atoms with Gasteiger partial charge in [-0.1, -0.05) is 26.7 Å². The molecule has 0 saturated carbocycles. The van der Waals surface area contributed by atoms with E-state index in [1.54, 1.807) is 31.8 Å². The predicted molar refractivity (Wildman–Crippen MR) is 175 cm³/mol. The van der Waals surface area contributed by atoms with Gasteiger partial charge in [0.2, 0.25) is 11.9 Å². The van der Waals surface area contributed by atoms with Gasteiger partial charge in [-0.25, -0.2) is 19.1 Å². The lowest BCUT2D eigenvalue weighted by atomic mass is 10.2. The van der Waals surface area contributed by atoms with Gasteiger partial charge >= 0.3 is 0 Å². The number of anilines is 2. The van der Waals surface area contributed by atoms with E-state index in [2.05, 4.69) is 24.5 Å². The first-order valence-corrected chi connectivity index (χ1v) is 17.0. The maximum absolute atomic E-state index is 14.1. The fourth-order valence-electron chi connectivity index (χ4n) is 6.31. The molecule has 7 rings (SSSR count). The van der Waals surface area contributed by atoms with Crippen LogP contribution in [0.25, 0.3) is 31.8 Å². The Labute approximate surface area is 252 Å². The largest absolute Gasteiger partial charge is 0.355 e. The fraction of sp³-hybridized carbons (Fsp3) is 0.438. The average molecular weight is 601 g/mol. The standard InChI is InChI=1S/C32H36N6O2S2/c1-3-5-17-33-31-35-27-25(21-9-7-11-23(21)41-27)29(39)37(31)19-13-15-20(16-14-19)38-30(40)26-22-10-8-12-24(22)42-28(26)36-32(38)34-18-6-4-2/h13-16H,3-12,17-18H2,1-2H3,(H,33,35)(H,34,36). The molecule has 0 saturated heterocycles. The zero-order valence-electron chi connectivity index (χ0n) is 24.2. The lowest BCUT2D eigenvalue weighted by molar-refractivity contribution is 0.815. The molecule has 0 bridgehead atoms. The van der Waals surface area contributed by atoms with Crippen molar-refractivity contribution >= 4 is 55.0 Å². The number of hydrogen-bond acceptors (Lipinski definition) is 8. The number of nitrogens with one attached hydrogen (secondary N) is 2. The minimum absolute atomic E-state index is 0.0258. The van der Waals surface area contributed by atoms with Crippen LogP contribution in [0.3, 0.4) is 0 Å². The van der Waals surface area contributed by atoms with Gasteiger partial charge in [-0.15, -0.1) is 22.7 Å². The molecule has 4 aromatic heterocycles. The molecule has 0 radical (unpaired) electrons. The van der Waals surface area contributed by atoms with Crippen LogP contribution in [0, 0.1) is 0 Å². The summed E-state index contributed by atoms with van der Waals surface area (Å²) in [6, 6.07) is 7.69. The lowest BCUT2D eigenvalue weighted by Gasteiger charge is -2.16. The molecule has 0 unspecified atom stereocenters. The van der Waals surface area contributed by atoms with Crippen molar-refractivity contribution in [2.45, 2.75) is 78.1 Å². The molecule has 0 fully saturated rings. The summed E-state index contributed by atoms with van der Waals surface area (Å²) in [6.45, 7) is 5.79. The molecule has 8 nitrogen and oxygen atoms in total. The van der Waals surface area contributed by atoms with Gasteiger partial charge in [0.1, 0.15) is 9.66 Å². The van der Waals surface area contributed by atoms with Crippen molar-refractivity contribution in [2.24, 2.45) is 0 Å². The normalized spacial score (nSPS) is 14.1. The molecule has 218 valence electrons. The summed E-state index contributed by atoms with van der Waals surface area (Å²) in [5.74, 6) is 1.15. The summed E-state index contributed by atoms with van der Waals surface area (Å²) in [7, 11) is 0. The van der Waals surface area contributed by atoms with Crippen LogP contribution in [0.4, 0.5) is 11.9 Å². The number of unbranched alkanes of at least 4 members (excludes halogenated alkanes) is 2. The maximum Gasteiger partial charge on any atom is 0.268 e. The number of fused-ring (bicyclic) bond motifs is 6. The third-order valence-corrected chi connectivity index (χ3v) is 10.8. The molecule has 0 amide bonds. The smallest absolute Gasteiger partial charge is 0.268 e. The highest BCUT2D eigenvalue weighted by molar-refractivity contribution is 7.19. The number of nitrogens with zero attached hydrogens (tertiary/aromatic N) is 4. The third-order valence-electron chi connectivity index (χ3n) is 8.47. The second kappa shape index (κ2) is 11.3. The summed E-state index contributed by atoms with van der Waals surface area (Å²) < 4.78 is 3.42. The summed E-state index contributed by atoms with van der Waals surface area (Å²) in [4.78, 5) is 42.3. The van der Waals surface area contributed by atoms with Crippen molar-refractivity contribution in [2.75, 3.05) is 23.7 Å². The summed E-state index contributed by atoms with van der Waals surface area (Å²) >= 11 is 3.33. The topological polar surface area (TPSA) is 93.8 Å². The first-order valence-electron chi connectivity index (χ1n) is 15.3. The van der Waals surface area contributed by atoms with E-state index in [4.69, 9.17) is 9.97 Å². The van der Waals surface area contributed by atoms with E-state index >= 15 is 0 Å². The molecule has 2 aliphatic carbocycles. The van der Waals surface area contributed by atoms with Gasteiger partial charge < -0.3 is 10.6 Å². The Bertz CT molecular complexity index is 1780. The number of thiophene rings is 2. The van der Waals surface area contributed by atoms with E-state index in [1.165, 1.54) is 20.9 Å². The monoisotopic (exact) mass is 600 g/mol. The van der Waals surface area contributed by atoms with Crippen molar-refractivity contribution in [3.8, 4) is 11.4 Å². The van der Waals surface area contributed by atoms with E-state index in [1.807, 2.05) is 24.3 Å². The fourth-order valence-corrected chi connectivity index (χ4v) is 8.81. The van der Waals surface area contributed by atoms with E-state index < -0.39 is 0 Å². The lowest BCUT2D eigenvalue weighted by Crippen LogP contribution is -2.25. The zero-order valence-corrected chi connectivity index (χ0v) is 25.8. The van der Waals surface area contributed by atoms with Crippen molar-refractivity contribution in [3.05, 3.63) is 65.9 Å². The highest BCUT2D eigenvalue weighted by Crippen LogP contribution is 2.37. The Morgan fingerprint density at radius 2 is 1.12 bits per heavy atom. The number of aryl methyl sites for hydroxylation is 4. The molecule has 5 aromatic rings. The van der Waals surface area contributed by atoms with Gasteiger partial charge in [0.05, 0.1) is 22.1 Å². The molecule has 10 heteroatoms. The average Bonchev–Trinajstić information content (AvgIpc) is 3.75. The minimum atomic E-state index is -0.0258. The second-order valence-electron chi connectivity index (χ2n) is 11.3. The maximum atomic E-state index is 14.1. The quantitative estimate of drug-likeness (QED) is 0.175. The van der Waals surface area contributed by atoms with Crippen molar-refractivity contribution < 1.29 is 0 Å². The molecule has 0 atom stereocenters. The van der Waals surface area contributed by atoms with Crippen LogP contribution in [0.5, 0.6) is 0 Å². The van der Waals surface area contributed by atoms with Crippen molar-refractivity contribution in [1.82, 2.24) is 19.1 Å². The highest BCUT2D eigenvalue weighted by Gasteiger charge is 2.25. The molecule has 4 heterocycles. The Kier molecular flexibility index (Phi) is 7.35. The van der Waals surface area contributed by atoms with Crippen molar-refractivity contribution in [3.63, 3.8) is 0 Å². The number of aromatic nitrogens is 4. The van der Waals surface area contributed by atoms with Gasteiger partial charge in [-0.2, -0.15) is 0 Å². The van der Waals surface area contributed by atoms with Gasteiger partial charge in [0.15, 0.2) is 0 Å². The van der Waals surface area contributed by atoms with Crippen LogP contribution in [-0.2, 0) is 25.7 Å². The molecule has 2 N–H and O–H groups in total. The minimum Gasteiger partial charge on any atom is -0.355 e. The van der Waals surface area contributed by atoms with Crippen LogP contribution in [0.15, 0.2) is 33.9 Å². The van der Waals surface area contributed by atoms with Gasteiger partial charge in [0.25, 0.3) is 11.1 Å². The highest BCUT2D eigenvalue weighted by atomic mass is 32.1. The van der Waals surface area contributed by atoms with Crippen LogP contribution < -0.4 is 21.8 Å². The van der Waals surface area contributed by atoms with E-state index in [0.29, 0.717) is 11.9 Å². The van der Waals surface area contributed by atoms with E-state index in [9.17, 15) is 9.59 Å². The van der Waals surface area contributed by atoms with Gasteiger partial charge in [-0.3, -0.25) is 9.59 Å². The van der Waals surface area contributed by atoms with E-state index in [0.717, 1.165) is 109 Å². The Morgan fingerprint density at radius 3 is 1.52 bits per heavy atom. The second-order valence-corrected chi connectivity index (χ2v) is 13.5. The Balaban J connectivity index is 1.35. The van der Waals surface area contributed by atoms with Gasteiger partial charge in [-0.05, 0) is 86.8 Å². The molecule has 2 aliphatic rings. The van der Waals surface area contributed by atoms with E-state index in [-0.39, 0.29) is 11.1 Å². The molecule has 1 aromatic carbocycles. The van der Waals surface area contributed by atoms with Crippen LogP contribution in [0.1, 0.15) is 73.3 Å². The number of hydrogen-bond donors (Lipinski definition) is 2. The van der Waals surface area contributed by atoms with Crippen LogP contribution >= 0.6 is 22.7 Å². The summed E-state index contributed by atoms with van der Waals surface area (Å²) in [6.07, 6.45) is 10.2. The SMILES string of the molecule is CCCCNc1nc2sc3c(c2c(=O)n1-c1ccc(-n2c(NCCCC)nc4sc5c(c4c2=O)CCC5)cc1)CCC3. The van der Waals surface area contributed by atoms with Gasteiger partial charge in [0, 0.05) is 22.8 Å². The molecule has 42 heavy (non-hydrogen) atoms. The molecular formula is C32H36N6O2S2. The number of benzene rings is 1. The first-order chi connectivity index (χ1) is 20.6. The molecule has 0 aliphatic heterocycles. The van der Waals surface area contributed by atoms with Crippen LogP contribution in [0.2, 0.25) is 0 Å². The zero-order chi connectivity index (χ0) is 28.8. The summed E-state index contributed by atoms with van der Waals surface area (Å²) in [5, 5.41) is 8.38.